The number of piperidine rings is 1. The fraction of sp³-hybridized carbons (Fsp3) is 0.714. The Hall–Kier alpha value is -1.40. The van der Waals surface area contributed by atoms with E-state index in [-0.39, 0.29) is 6.61 Å². The Bertz CT molecular complexity index is 454. The van der Waals surface area contributed by atoms with Gasteiger partial charge in [0, 0.05) is 38.3 Å². The zero-order chi connectivity index (χ0) is 13.9. The molecule has 0 bridgehead atoms. The molecule has 1 aromatic heterocycles. The lowest BCUT2D eigenvalue weighted by Gasteiger charge is -2.32. The number of aromatic nitrogens is 2. The smallest absolute Gasteiger partial charge is 0.222 e. The van der Waals surface area contributed by atoms with E-state index in [0.717, 1.165) is 57.1 Å². The topological polar surface area (TPSA) is 84.5 Å². The summed E-state index contributed by atoms with van der Waals surface area (Å²) in [7, 11) is 0. The van der Waals surface area contributed by atoms with Crippen LogP contribution in [0.4, 0.5) is 11.8 Å². The molecule has 2 aliphatic rings. The van der Waals surface area contributed by atoms with Gasteiger partial charge in [0.25, 0.3) is 0 Å². The number of hydrogen-bond donors (Lipinski definition) is 2. The van der Waals surface area contributed by atoms with Crippen LogP contribution >= 0.6 is 0 Å². The van der Waals surface area contributed by atoms with Gasteiger partial charge in [0.1, 0.15) is 5.82 Å². The summed E-state index contributed by atoms with van der Waals surface area (Å²) in [5.74, 6) is 2.02. The molecule has 0 amide bonds. The molecule has 2 aliphatic heterocycles. The van der Waals surface area contributed by atoms with Gasteiger partial charge in [-0.25, -0.2) is 4.98 Å². The van der Waals surface area contributed by atoms with Crippen LogP contribution in [-0.2, 0) is 4.74 Å². The molecule has 0 unspecified atom stereocenters. The maximum atomic E-state index is 9.20. The number of rotatable bonds is 3. The van der Waals surface area contributed by atoms with Gasteiger partial charge < -0.3 is 20.5 Å². The van der Waals surface area contributed by atoms with E-state index in [4.69, 9.17) is 10.5 Å². The second-order valence-electron chi connectivity index (χ2n) is 5.68. The van der Waals surface area contributed by atoms with Crippen molar-refractivity contribution < 1.29 is 9.84 Å². The first kappa shape index (κ1) is 13.6. The van der Waals surface area contributed by atoms with Crippen molar-refractivity contribution in [2.24, 2.45) is 5.92 Å². The highest BCUT2D eigenvalue weighted by Crippen LogP contribution is 2.28. The van der Waals surface area contributed by atoms with E-state index in [1.54, 1.807) is 0 Å². The van der Waals surface area contributed by atoms with Gasteiger partial charge >= 0.3 is 0 Å². The van der Waals surface area contributed by atoms with Gasteiger partial charge in [0.15, 0.2) is 0 Å². The van der Waals surface area contributed by atoms with Crippen LogP contribution in [0.1, 0.15) is 30.9 Å². The zero-order valence-electron chi connectivity index (χ0n) is 11.7. The van der Waals surface area contributed by atoms with Crippen LogP contribution in [0.3, 0.4) is 0 Å². The van der Waals surface area contributed by atoms with E-state index in [1.165, 1.54) is 0 Å². The maximum absolute atomic E-state index is 9.20. The molecule has 0 aliphatic carbocycles. The summed E-state index contributed by atoms with van der Waals surface area (Å²) in [4.78, 5) is 11.0. The van der Waals surface area contributed by atoms with Gasteiger partial charge in [-0.2, -0.15) is 4.98 Å². The van der Waals surface area contributed by atoms with Crippen molar-refractivity contribution in [3.8, 4) is 0 Å². The molecule has 1 atom stereocenters. The Morgan fingerprint density at radius 3 is 2.75 bits per heavy atom. The van der Waals surface area contributed by atoms with E-state index >= 15 is 0 Å². The number of nitrogen functional groups attached to an aromatic ring is 1. The van der Waals surface area contributed by atoms with Gasteiger partial charge in [0.2, 0.25) is 5.95 Å². The summed E-state index contributed by atoms with van der Waals surface area (Å²) in [6, 6.07) is 2.05. The van der Waals surface area contributed by atoms with Crippen molar-refractivity contribution >= 4 is 11.8 Å². The van der Waals surface area contributed by atoms with E-state index < -0.39 is 0 Å². The van der Waals surface area contributed by atoms with Crippen LogP contribution in [0.25, 0.3) is 0 Å². The van der Waals surface area contributed by atoms with E-state index in [0.29, 0.717) is 17.8 Å². The molecule has 0 radical (unpaired) electrons. The molecule has 3 N–H and O–H groups in total. The number of nitrogens with zero attached hydrogens (tertiary/aromatic N) is 3. The van der Waals surface area contributed by atoms with Crippen LogP contribution in [0.2, 0.25) is 0 Å². The Morgan fingerprint density at radius 2 is 2.10 bits per heavy atom. The number of hydrogen-bond acceptors (Lipinski definition) is 6. The molecule has 3 rings (SSSR count). The fourth-order valence-corrected chi connectivity index (χ4v) is 2.96. The van der Waals surface area contributed by atoms with Crippen LogP contribution in [0, 0.1) is 5.92 Å². The van der Waals surface area contributed by atoms with E-state index in [2.05, 4.69) is 20.9 Å². The van der Waals surface area contributed by atoms with E-state index in [9.17, 15) is 5.11 Å². The van der Waals surface area contributed by atoms with Crippen molar-refractivity contribution in [1.82, 2.24) is 9.97 Å². The fourth-order valence-electron chi connectivity index (χ4n) is 2.96. The Morgan fingerprint density at radius 1 is 1.30 bits per heavy atom. The SMILES string of the molecule is Nc1nc([C@@H]2CCOC2)cc(N2CCC(CO)CC2)n1. The molecule has 0 aromatic carbocycles. The molecule has 3 heterocycles. The average molecular weight is 278 g/mol. The summed E-state index contributed by atoms with van der Waals surface area (Å²) in [5.41, 5.74) is 6.85. The zero-order valence-corrected chi connectivity index (χ0v) is 11.7. The first-order valence-electron chi connectivity index (χ1n) is 7.34. The summed E-state index contributed by atoms with van der Waals surface area (Å²) in [6.45, 7) is 3.64. The van der Waals surface area contributed by atoms with Gasteiger partial charge in [-0.15, -0.1) is 0 Å². The lowest BCUT2D eigenvalue weighted by Crippen LogP contribution is -2.35. The summed E-state index contributed by atoms with van der Waals surface area (Å²) < 4.78 is 5.42. The van der Waals surface area contributed by atoms with E-state index in [1.807, 2.05) is 0 Å². The van der Waals surface area contributed by atoms with Crippen LogP contribution in [0.15, 0.2) is 6.07 Å². The minimum absolute atomic E-state index is 0.282. The monoisotopic (exact) mass is 278 g/mol. The quantitative estimate of drug-likeness (QED) is 0.849. The summed E-state index contributed by atoms with van der Waals surface area (Å²) >= 11 is 0. The second-order valence-corrected chi connectivity index (χ2v) is 5.68. The molecule has 2 fully saturated rings. The average Bonchev–Trinajstić information content (AvgIpc) is 3.01. The lowest BCUT2D eigenvalue weighted by molar-refractivity contribution is 0.193. The molecular formula is C14H22N4O2. The maximum Gasteiger partial charge on any atom is 0.222 e. The number of aliphatic hydroxyl groups is 1. The molecule has 20 heavy (non-hydrogen) atoms. The summed E-state index contributed by atoms with van der Waals surface area (Å²) in [6.07, 6.45) is 3.01. The molecule has 6 nitrogen and oxygen atoms in total. The minimum Gasteiger partial charge on any atom is -0.396 e. The highest BCUT2D eigenvalue weighted by Gasteiger charge is 2.23. The van der Waals surface area contributed by atoms with Gasteiger partial charge in [-0.05, 0) is 25.2 Å². The van der Waals surface area contributed by atoms with Gasteiger partial charge in [-0.3, -0.25) is 0 Å². The summed E-state index contributed by atoms with van der Waals surface area (Å²) in [5, 5.41) is 9.20. The Balaban J connectivity index is 1.76. The van der Waals surface area contributed by atoms with Crippen molar-refractivity contribution in [1.29, 1.82) is 0 Å². The molecule has 6 heteroatoms. The first-order chi connectivity index (χ1) is 9.76. The largest absolute Gasteiger partial charge is 0.396 e. The van der Waals surface area contributed by atoms with Crippen LogP contribution < -0.4 is 10.6 Å². The predicted molar refractivity (Wildman–Crippen MR) is 76.6 cm³/mol. The number of ether oxygens (including phenoxy) is 1. The molecule has 0 spiro atoms. The Labute approximate surface area is 119 Å². The van der Waals surface area contributed by atoms with Gasteiger partial charge in [0.05, 0.1) is 12.3 Å². The molecule has 0 saturated carbocycles. The Kier molecular flexibility index (Phi) is 4.03. The van der Waals surface area contributed by atoms with Crippen molar-refractivity contribution in [3.63, 3.8) is 0 Å². The molecule has 1 aromatic rings. The molecular weight excluding hydrogens is 256 g/mol. The highest BCUT2D eigenvalue weighted by atomic mass is 16.5. The van der Waals surface area contributed by atoms with Gasteiger partial charge in [-0.1, -0.05) is 0 Å². The second kappa shape index (κ2) is 5.93. The van der Waals surface area contributed by atoms with Crippen molar-refractivity contribution in [2.75, 3.05) is 43.5 Å². The van der Waals surface area contributed by atoms with Crippen LogP contribution in [0.5, 0.6) is 0 Å². The lowest BCUT2D eigenvalue weighted by atomic mass is 9.98. The van der Waals surface area contributed by atoms with Crippen LogP contribution in [-0.4, -0.2) is 48.0 Å². The first-order valence-corrected chi connectivity index (χ1v) is 7.34. The van der Waals surface area contributed by atoms with Crippen molar-refractivity contribution in [3.05, 3.63) is 11.8 Å². The number of aliphatic hydroxyl groups excluding tert-OH is 1. The molecule has 110 valence electrons. The third-order valence-electron chi connectivity index (χ3n) is 4.29. The number of nitrogens with two attached hydrogens (primary N) is 1. The standard InChI is InChI=1S/C14H22N4O2/c15-14-16-12(11-3-6-20-9-11)7-13(17-14)18-4-1-10(8-19)2-5-18/h7,10-11,19H,1-6,8-9H2,(H2,15,16,17)/t11-/m1/s1. The highest BCUT2D eigenvalue weighted by molar-refractivity contribution is 5.44. The number of anilines is 2. The predicted octanol–water partition coefficient (Wildman–Crippen LogP) is 0.771. The third kappa shape index (κ3) is 2.86. The normalized spacial score (nSPS) is 24.2. The van der Waals surface area contributed by atoms with Crippen molar-refractivity contribution in [2.45, 2.75) is 25.2 Å². The third-order valence-corrected chi connectivity index (χ3v) is 4.29. The molecule has 2 saturated heterocycles. The minimum atomic E-state index is 0.282.